The van der Waals surface area contributed by atoms with Crippen molar-refractivity contribution in [2.45, 2.75) is 25.0 Å². The lowest BCUT2D eigenvalue weighted by Crippen LogP contribution is -2.22. The molecule has 0 bridgehead atoms. The van der Waals surface area contributed by atoms with E-state index in [-0.39, 0.29) is 12.2 Å². The van der Waals surface area contributed by atoms with Gasteiger partial charge in [0, 0.05) is 24.7 Å². The van der Waals surface area contributed by atoms with E-state index in [1.807, 2.05) is 24.3 Å². The number of aromatic amines is 1. The van der Waals surface area contributed by atoms with Crippen molar-refractivity contribution in [2.75, 3.05) is 0 Å². The van der Waals surface area contributed by atoms with E-state index in [1.54, 1.807) is 12.5 Å². The lowest BCUT2D eigenvalue weighted by atomic mass is 10.0. The topological polar surface area (TPSA) is 121 Å². The normalized spacial score (nSPS) is 13.9. The van der Waals surface area contributed by atoms with Crippen LogP contribution in [0.2, 0.25) is 0 Å². The number of pyridine rings is 1. The van der Waals surface area contributed by atoms with E-state index in [1.165, 1.54) is 0 Å². The summed E-state index contributed by atoms with van der Waals surface area (Å²) in [5.41, 5.74) is 1.82. The first kappa shape index (κ1) is 14.4. The van der Waals surface area contributed by atoms with Crippen LogP contribution in [0.4, 0.5) is 0 Å². The summed E-state index contributed by atoms with van der Waals surface area (Å²) in [7, 11) is 0. The van der Waals surface area contributed by atoms with E-state index in [2.05, 4.69) is 25.6 Å². The molecule has 2 atom stereocenters. The van der Waals surface area contributed by atoms with E-state index < -0.39 is 12.2 Å². The third kappa shape index (κ3) is 3.18. The predicted molar refractivity (Wildman–Crippen MR) is 74.6 cm³/mol. The second kappa shape index (κ2) is 6.46. The van der Waals surface area contributed by atoms with Gasteiger partial charge in [-0.3, -0.25) is 4.98 Å². The average Bonchev–Trinajstić information content (AvgIpc) is 3.20. The smallest absolute Gasteiger partial charge is 0.205 e. The maximum atomic E-state index is 10.1. The molecule has 8 nitrogen and oxygen atoms in total. The molecule has 22 heavy (non-hydrogen) atoms. The summed E-state index contributed by atoms with van der Waals surface area (Å²) < 4.78 is 5.41. The average molecular weight is 301 g/mol. The standard InChI is InChI=1S/C14H15N5O3/c20-11(13(21)14-16-18-19-17-14)8-12-9(4-6-22-12)7-10-3-1-2-5-15-10/h1-6,11,13,20-21H,7-8H2,(H,16,17,18,19). The minimum absolute atomic E-state index is 0.0466. The summed E-state index contributed by atoms with van der Waals surface area (Å²) in [6, 6.07) is 7.51. The Morgan fingerprint density at radius 1 is 1.23 bits per heavy atom. The van der Waals surface area contributed by atoms with Crippen LogP contribution < -0.4 is 0 Å². The van der Waals surface area contributed by atoms with Crippen LogP contribution in [0, 0.1) is 0 Å². The molecule has 3 N–H and O–H groups in total. The highest BCUT2D eigenvalue weighted by atomic mass is 16.3. The first-order valence-corrected chi connectivity index (χ1v) is 6.78. The number of tetrazole rings is 1. The Bertz CT molecular complexity index is 698. The Labute approximate surface area is 125 Å². The monoisotopic (exact) mass is 301 g/mol. The van der Waals surface area contributed by atoms with Gasteiger partial charge in [0.2, 0.25) is 5.82 Å². The summed E-state index contributed by atoms with van der Waals surface area (Å²) in [5.74, 6) is 0.644. The van der Waals surface area contributed by atoms with Crippen molar-refractivity contribution in [1.29, 1.82) is 0 Å². The van der Waals surface area contributed by atoms with Crippen LogP contribution >= 0.6 is 0 Å². The molecule has 3 aromatic rings. The number of aliphatic hydroxyl groups excluding tert-OH is 2. The van der Waals surface area contributed by atoms with E-state index in [0.717, 1.165) is 11.3 Å². The van der Waals surface area contributed by atoms with Crippen LogP contribution in [0.1, 0.15) is 28.9 Å². The van der Waals surface area contributed by atoms with Crippen molar-refractivity contribution in [3.05, 3.63) is 59.6 Å². The molecule has 0 saturated carbocycles. The minimum atomic E-state index is -1.23. The number of rotatable bonds is 6. The SMILES string of the molecule is OC(Cc1occc1Cc1ccccn1)C(O)c1nn[nH]n1. The molecule has 3 aromatic heterocycles. The highest BCUT2D eigenvalue weighted by molar-refractivity contribution is 5.24. The molecule has 0 aromatic carbocycles. The molecule has 0 radical (unpaired) electrons. The molecule has 8 heteroatoms. The van der Waals surface area contributed by atoms with Crippen molar-refractivity contribution >= 4 is 0 Å². The van der Waals surface area contributed by atoms with Gasteiger partial charge in [0.05, 0.1) is 12.4 Å². The Kier molecular flexibility index (Phi) is 4.22. The van der Waals surface area contributed by atoms with Crippen LogP contribution in [0.3, 0.4) is 0 Å². The van der Waals surface area contributed by atoms with Gasteiger partial charge in [-0.25, -0.2) is 0 Å². The minimum Gasteiger partial charge on any atom is -0.469 e. The first-order valence-electron chi connectivity index (χ1n) is 6.78. The van der Waals surface area contributed by atoms with Gasteiger partial charge in [0.25, 0.3) is 0 Å². The fourth-order valence-electron chi connectivity index (χ4n) is 2.17. The zero-order valence-electron chi connectivity index (χ0n) is 11.6. The number of aromatic nitrogens is 5. The molecular formula is C14H15N5O3. The second-order valence-corrected chi connectivity index (χ2v) is 4.85. The van der Waals surface area contributed by atoms with Crippen molar-refractivity contribution in [1.82, 2.24) is 25.6 Å². The fourth-order valence-corrected chi connectivity index (χ4v) is 2.17. The predicted octanol–water partition coefficient (Wildman–Crippen LogP) is 0.415. The third-order valence-corrected chi connectivity index (χ3v) is 3.32. The number of furan rings is 1. The van der Waals surface area contributed by atoms with Gasteiger partial charge in [-0.1, -0.05) is 11.3 Å². The van der Waals surface area contributed by atoms with Gasteiger partial charge >= 0.3 is 0 Å². The van der Waals surface area contributed by atoms with Crippen LogP contribution in [-0.4, -0.2) is 41.9 Å². The highest BCUT2D eigenvalue weighted by Crippen LogP contribution is 2.20. The van der Waals surface area contributed by atoms with Gasteiger partial charge in [0.1, 0.15) is 11.9 Å². The van der Waals surface area contributed by atoms with Crippen molar-refractivity contribution < 1.29 is 14.6 Å². The van der Waals surface area contributed by atoms with E-state index in [9.17, 15) is 10.2 Å². The molecule has 3 heterocycles. The van der Waals surface area contributed by atoms with Gasteiger partial charge in [0.15, 0.2) is 0 Å². The van der Waals surface area contributed by atoms with E-state index in [0.29, 0.717) is 12.2 Å². The number of hydrogen-bond donors (Lipinski definition) is 3. The molecule has 0 saturated heterocycles. The highest BCUT2D eigenvalue weighted by Gasteiger charge is 2.24. The zero-order valence-corrected chi connectivity index (χ0v) is 11.6. The van der Waals surface area contributed by atoms with Crippen LogP contribution in [0.25, 0.3) is 0 Å². The summed E-state index contributed by atoms with van der Waals surface area (Å²) >= 11 is 0. The Hall–Kier alpha value is -2.58. The van der Waals surface area contributed by atoms with Crippen molar-refractivity contribution in [3.8, 4) is 0 Å². The summed E-state index contributed by atoms with van der Waals surface area (Å²) in [5, 5.41) is 33.0. The Morgan fingerprint density at radius 3 is 2.86 bits per heavy atom. The van der Waals surface area contributed by atoms with Crippen LogP contribution in [0.5, 0.6) is 0 Å². The summed E-state index contributed by atoms with van der Waals surface area (Å²) in [6.07, 6.45) is 1.70. The second-order valence-electron chi connectivity index (χ2n) is 4.85. The van der Waals surface area contributed by atoms with Crippen LogP contribution in [-0.2, 0) is 12.8 Å². The van der Waals surface area contributed by atoms with Crippen LogP contribution in [0.15, 0.2) is 41.1 Å². The molecule has 0 spiro atoms. The number of H-pyrrole nitrogens is 1. The third-order valence-electron chi connectivity index (χ3n) is 3.32. The van der Waals surface area contributed by atoms with E-state index >= 15 is 0 Å². The number of nitrogens with one attached hydrogen (secondary N) is 1. The number of aliphatic hydroxyl groups is 2. The van der Waals surface area contributed by atoms with Gasteiger partial charge in [-0.05, 0) is 23.8 Å². The van der Waals surface area contributed by atoms with Gasteiger partial charge in [-0.15, -0.1) is 10.2 Å². The van der Waals surface area contributed by atoms with Gasteiger partial charge in [-0.2, -0.15) is 5.21 Å². The maximum Gasteiger partial charge on any atom is 0.205 e. The molecule has 3 rings (SSSR count). The maximum absolute atomic E-state index is 10.1. The van der Waals surface area contributed by atoms with Gasteiger partial charge < -0.3 is 14.6 Å². The van der Waals surface area contributed by atoms with Crippen molar-refractivity contribution in [3.63, 3.8) is 0 Å². The lowest BCUT2D eigenvalue weighted by molar-refractivity contribution is 0.0107. The molecule has 0 aliphatic heterocycles. The molecule has 2 unspecified atom stereocenters. The Balaban J connectivity index is 1.69. The van der Waals surface area contributed by atoms with Crippen molar-refractivity contribution in [2.24, 2.45) is 0 Å². The first-order chi connectivity index (χ1) is 10.7. The Morgan fingerprint density at radius 2 is 2.14 bits per heavy atom. The molecular weight excluding hydrogens is 286 g/mol. The molecule has 0 amide bonds. The molecule has 0 fully saturated rings. The molecule has 0 aliphatic rings. The summed E-state index contributed by atoms with van der Waals surface area (Å²) in [6.45, 7) is 0. The van der Waals surface area contributed by atoms with E-state index in [4.69, 9.17) is 4.42 Å². The molecule has 114 valence electrons. The number of nitrogens with zero attached hydrogens (tertiary/aromatic N) is 4. The summed E-state index contributed by atoms with van der Waals surface area (Å²) in [4.78, 5) is 4.26. The largest absolute Gasteiger partial charge is 0.469 e. The molecule has 0 aliphatic carbocycles. The lowest BCUT2D eigenvalue weighted by Gasteiger charge is -2.14. The fraction of sp³-hybridized carbons (Fsp3) is 0.286. The quantitative estimate of drug-likeness (QED) is 0.603. The zero-order chi connectivity index (χ0) is 15.4. The number of hydrogen-bond acceptors (Lipinski definition) is 7.